The Balaban J connectivity index is 1.15. The second-order valence-corrected chi connectivity index (χ2v) is 18.6. The molecule has 4 heteroatoms. The summed E-state index contributed by atoms with van der Waals surface area (Å²) in [5, 5.41) is 8.33. The van der Waals surface area contributed by atoms with Crippen LogP contribution >= 0.6 is 0 Å². The number of fused-ring (bicyclic) bond motifs is 10. The van der Waals surface area contributed by atoms with Gasteiger partial charge in [-0.2, -0.15) is 0 Å². The summed E-state index contributed by atoms with van der Waals surface area (Å²) in [6.45, 7) is 4.53. The van der Waals surface area contributed by atoms with Gasteiger partial charge in [0, 0.05) is 32.9 Å². The Labute approximate surface area is 384 Å². The highest BCUT2D eigenvalue weighted by Gasteiger charge is 2.28. The minimum absolute atomic E-state index is 0.285. The third kappa shape index (κ3) is 6.26. The minimum Gasteiger partial charge on any atom is -0.455 e. The molecule has 1 atom stereocenters. The van der Waals surface area contributed by atoms with E-state index in [1.54, 1.807) is 0 Å². The molecule has 66 heavy (non-hydrogen) atoms. The van der Waals surface area contributed by atoms with Crippen molar-refractivity contribution in [2.45, 2.75) is 58.8 Å². The van der Waals surface area contributed by atoms with Crippen molar-refractivity contribution in [2.24, 2.45) is 15.9 Å². The number of benzene rings is 6. The number of hydrogen-bond donors (Lipinski definition) is 0. The van der Waals surface area contributed by atoms with Gasteiger partial charge < -0.3 is 8.98 Å². The van der Waals surface area contributed by atoms with E-state index in [0.717, 1.165) is 101 Å². The van der Waals surface area contributed by atoms with Crippen molar-refractivity contribution >= 4 is 84.7 Å². The summed E-state index contributed by atoms with van der Waals surface area (Å²) in [6, 6.07) is 39.7. The standard InChI is InChI=1S/C62H49N3O/c1-38-15-3-9-22-46(38)58-39(2)16-13-25-50(58)53-27-14-26-52(45-30-29-40-17-4-5-19-42(40)35-45)63-62(64-53)60-55(34-32-49-48-24-11-12-28-57(48)66-61(49)60)65-54-33-31-41-18-8-10-23-47(41)59(54)51-36-43-20-6-7-21-44(43)37-56(51)65/h4-7,9-13,16-17,19-20,22-25,27-37,44H,3,8,14-15,18,21,26H2,1-2H3/b53-27-,63-52-,64-62-. The zero-order chi connectivity index (χ0) is 43.9. The summed E-state index contributed by atoms with van der Waals surface area (Å²) in [5.74, 6) is 0.933. The van der Waals surface area contributed by atoms with Crippen LogP contribution in [0.5, 0.6) is 0 Å². The van der Waals surface area contributed by atoms with Gasteiger partial charge in [0.1, 0.15) is 11.2 Å². The van der Waals surface area contributed by atoms with Gasteiger partial charge in [-0.1, -0.05) is 139 Å². The van der Waals surface area contributed by atoms with Crippen molar-refractivity contribution in [1.29, 1.82) is 0 Å². The number of aromatic nitrogens is 1. The number of amidine groups is 1. The quantitative estimate of drug-likeness (QED) is 0.170. The van der Waals surface area contributed by atoms with Crippen LogP contribution in [0, 0.1) is 12.8 Å². The van der Waals surface area contributed by atoms with E-state index in [1.165, 1.54) is 71.2 Å². The molecule has 6 aromatic carbocycles. The largest absolute Gasteiger partial charge is 0.455 e. The Morgan fingerprint density at radius 1 is 0.712 bits per heavy atom. The van der Waals surface area contributed by atoms with Crippen LogP contribution in [0.2, 0.25) is 0 Å². The molecule has 0 fully saturated rings. The maximum atomic E-state index is 7.12. The van der Waals surface area contributed by atoms with Crippen LogP contribution in [-0.4, -0.2) is 16.1 Å². The van der Waals surface area contributed by atoms with Crippen LogP contribution in [0.15, 0.2) is 177 Å². The van der Waals surface area contributed by atoms with E-state index < -0.39 is 0 Å². The summed E-state index contributed by atoms with van der Waals surface area (Å²) < 4.78 is 9.63. The number of allylic oxidation sites excluding steroid dienone is 10. The van der Waals surface area contributed by atoms with E-state index in [4.69, 9.17) is 14.4 Å². The number of aryl methyl sites for hydroxylation is 2. The highest BCUT2D eigenvalue weighted by molar-refractivity contribution is 6.22. The molecule has 1 aliphatic heterocycles. The van der Waals surface area contributed by atoms with Crippen LogP contribution in [0.1, 0.15) is 84.4 Å². The first-order valence-corrected chi connectivity index (χ1v) is 23.8. The molecule has 13 rings (SSSR count). The summed E-state index contributed by atoms with van der Waals surface area (Å²) in [4.78, 5) is 11.7. The van der Waals surface area contributed by atoms with Gasteiger partial charge >= 0.3 is 0 Å². The predicted molar refractivity (Wildman–Crippen MR) is 278 cm³/mol. The van der Waals surface area contributed by atoms with E-state index in [9.17, 15) is 0 Å². The van der Waals surface area contributed by atoms with E-state index in [0.29, 0.717) is 5.84 Å². The summed E-state index contributed by atoms with van der Waals surface area (Å²) in [5.41, 5.74) is 18.2. The van der Waals surface area contributed by atoms with Gasteiger partial charge in [-0.3, -0.25) is 0 Å². The van der Waals surface area contributed by atoms with Crippen molar-refractivity contribution in [3.8, 4) is 5.69 Å². The normalized spacial score (nSPS) is 20.3. The van der Waals surface area contributed by atoms with E-state index >= 15 is 0 Å². The zero-order valence-corrected chi connectivity index (χ0v) is 37.4. The highest BCUT2D eigenvalue weighted by atomic mass is 16.3. The lowest BCUT2D eigenvalue weighted by Gasteiger charge is -2.21. The van der Waals surface area contributed by atoms with Crippen molar-refractivity contribution in [3.63, 3.8) is 0 Å². The summed E-state index contributed by atoms with van der Waals surface area (Å²) in [6.07, 6.45) is 30.2. The van der Waals surface area contributed by atoms with Crippen molar-refractivity contribution in [2.75, 3.05) is 0 Å². The first kappa shape index (κ1) is 38.9. The average molecular weight is 852 g/mol. The van der Waals surface area contributed by atoms with Crippen LogP contribution in [0.4, 0.5) is 0 Å². The SMILES string of the molecule is CC1=C(c2c(C)cccc2C2=C/CC/C(c3ccc4ccccc4c3)=N/C(c3c(-n4c5c(c6c7c(ccc64)CCC=C7)=CC4=CC=CCC4C=5)ccc4c3oc3ccccc34)=N\2)C=CCC1. The average Bonchev–Trinajstić information content (AvgIpc) is 3.89. The molecule has 4 nitrogen and oxygen atoms in total. The van der Waals surface area contributed by atoms with E-state index in [-0.39, 0.29) is 5.92 Å². The molecule has 0 bridgehead atoms. The van der Waals surface area contributed by atoms with Crippen molar-refractivity contribution < 1.29 is 4.42 Å². The van der Waals surface area contributed by atoms with Crippen molar-refractivity contribution in [3.05, 3.63) is 212 Å². The summed E-state index contributed by atoms with van der Waals surface area (Å²) >= 11 is 0. The fourth-order valence-electron chi connectivity index (χ4n) is 11.3. The molecule has 4 aliphatic carbocycles. The number of aliphatic imine (C=N–C) groups is 2. The van der Waals surface area contributed by atoms with Crippen LogP contribution < -0.4 is 10.6 Å². The van der Waals surface area contributed by atoms with Gasteiger partial charge in [-0.15, -0.1) is 0 Å². The first-order valence-electron chi connectivity index (χ1n) is 23.8. The number of rotatable bonds is 5. The third-order valence-electron chi connectivity index (χ3n) is 14.6. The van der Waals surface area contributed by atoms with Crippen molar-refractivity contribution in [1.82, 2.24) is 4.57 Å². The first-order chi connectivity index (χ1) is 32.6. The molecule has 1 unspecified atom stereocenters. The minimum atomic E-state index is 0.285. The molecule has 0 N–H and O–H groups in total. The lowest BCUT2D eigenvalue weighted by Crippen LogP contribution is -2.34. The van der Waals surface area contributed by atoms with E-state index in [2.05, 4.69) is 188 Å². The molecule has 8 aromatic rings. The highest BCUT2D eigenvalue weighted by Crippen LogP contribution is 2.40. The lowest BCUT2D eigenvalue weighted by molar-refractivity contribution is 0.667. The molecular formula is C62H49N3O. The van der Waals surface area contributed by atoms with Gasteiger partial charge in [0.2, 0.25) is 0 Å². The Morgan fingerprint density at radius 2 is 1.59 bits per heavy atom. The smallest absolute Gasteiger partial charge is 0.165 e. The molecule has 0 radical (unpaired) electrons. The molecule has 0 saturated heterocycles. The van der Waals surface area contributed by atoms with Crippen LogP contribution in [-0.2, 0) is 6.42 Å². The maximum Gasteiger partial charge on any atom is 0.165 e. The van der Waals surface area contributed by atoms with E-state index in [1.807, 2.05) is 0 Å². The van der Waals surface area contributed by atoms with Crippen LogP contribution in [0.25, 0.3) is 78.8 Å². The number of para-hydroxylation sites is 1. The van der Waals surface area contributed by atoms with Gasteiger partial charge in [-0.25, -0.2) is 9.98 Å². The monoisotopic (exact) mass is 851 g/mol. The predicted octanol–water partition coefficient (Wildman–Crippen LogP) is 14.2. The Morgan fingerprint density at radius 3 is 2.53 bits per heavy atom. The van der Waals surface area contributed by atoms with Crippen LogP contribution in [0.3, 0.4) is 0 Å². The molecular weight excluding hydrogens is 803 g/mol. The molecule has 0 saturated carbocycles. The zero-order valence-electron chi connectivity index (χ0n) is 37.4. The fraction of sp³-hybridized carbons (Fsp3) is 0.161. The van der Waals surface area contributed by atoms with Gasteiger partial charge in [0.05, 0.1) is 33.5 Å². The number of hydrogen-bond acceptors (Lipinski definition) is 3. The van der Waals surface area contributed by atoms with Gasteiger partial charge in [0.25, 0.3) is 0 Å². The molecule has 0 amide bonds. The lowest BCUT2D eigenvalue weighted by atomic mass is 9.86. The molecule has 3 heterocycles. The number of nitrogens with zero attached hydrogens (tertiary/aromatic N) is 3. The fourth-order valence-corrected chi connectivity index (χ4v) is 11.3. The second-order valence-electron chi connectivity index (χ2n) is 18.6. The topological polar surface area (TPSA) is 42.8 Å². The second kappa shape index (κ2) is 15.6. The Hall–Kier alpha value is -7.56. The Bertz CT molecular complexity index is 3810. The molecule has 0 spiro atoms. The maximum absolute atomic E-state index is 7.12. The molecule has 5 aliphatic rings. The summed E-state index contributed by atoms with van der Waals surface area (Å²) in [7, 11) is 0. The van der Waals surface area contributed by atoms with Gasteiger partial charge in [0.15, 0.2) is 5.84 Å². The third-order valence-corrected chi connectivity index (χ3v) is 14.6. The van der Waals surface area contributed by atoms with Gasteiger partial charge in [-0.05, 0) is 145 Å². The Kier molecular flexibility index (Phi) is 9.16. The number of furan rings is 1. The molecule has 318 valence electrons. The molecule has 2 aromatic heterocycles.